The van der Waals surface area contributed by atoms with Gasteiger partial charge in [-0.15, -0.1) is 0 Å². The third-order valence-electron chi connectivity index (χ3n) is 2.13. The van der Waals surface area contributed by atoms with Gasteiger partial charge in [0, 0.05) is 20.0 Å². The molecule has 1 heterocycles. The zero-order valence-electron chi connectivity index (χ0n) is 9.31. The Kier molecular flexibility index (Phi) is 5.60. The average molecular weight is 227 g/mol. The normalized spacial score (nSPS) is 12.4. The standard InChI is InChI=1S/C11H17NO4/c1-15-8-9(7-13)12-11(14)5-4-10-3-2-6-16-10/h2-3,6,9,13H,4-5,7-8H2,1H3,(H,12,14). The number of hydrogen-bond donors (Lipinski definition) is 2. The predicted molar refractivity (Wildman–Crippen MR) is 57.9 cm³/mol. The van der Waals surface area contributed by atoms with E-state index < -0.39 is 0 Å². The number of ether oxygens (including phenoxy) is 1. The van der Waals surface area contributed by atoms with Crippen LogP contribution in [0.25, 0.3) is 0 Å². The van der Waals surface area contributed by atoms with Gasteiger partial charge in [-0.25, -0.2) is 0 Å². The number of furan rings is 1. The highest BCUT2D eigenvalue weighted by Gasteiger charge is 2.11. The van der Waals surface area contributed by atoms with E-state index in [0.717, 1.165) is 5.76 Å². The van der Waals surface area contributed by atoms with Gasteiger partial charge >= 0.3 is 0 Å². The molecule has 0 radical (unpaired) electrons. The molecule has 1 rings (SSSR count). The summed E-state index contributed by atoms with van der Waals surface area (Å²) in [4.78, 5) is 11.5. The van der Waals surface area contributed by atoms with Crippen molar-refractivity contribution in [2.24, 2.45) is 0 Å². The van der Waals surface area contributed by atoms with Crippen LogP contribution in [-0.2, 0) is 16.0 Å². The van der Waals surface area contributed by atoms with E-state index in [1.165, 1.54) is 7.11 Å². The van der Waals surface area contributed by atoms with E-state index in [2.05, 4.69) is 5.32 Å². The first-order valence-corrected chi connectivity index (χ1v) is 5.17. The number of nitrogens with one attached hydrogen (secondary N) is 1. The first-order chi connectivity index (χ1) is 7.76. The monoisotopic (exact) mass is 227 g/mol. The topological polar surface area (TPSA) is 71.7 Å². The number of rotatable bonds is 7. The molecule has 16 heavy (non-hydrogen) atoms. The van der Waals surface area contributed by atoms with Crippen molar-refractivity contribution in [2.45, 2.75) is 18.9 Å². The fraction of sp³-hybridized carbons (Fsp3) is 0.545. The molecule has 1 amide bonds. The maximum absolute atomic E-state index is 11.5. The highest BCUT2D eigenvalue weighted by atomic mass is 16.5. The minimum Gasteiger partial charge on any atom is -0.469 e. The van der Waals surface area contributed by atoms with Crippen LogP contribution in [0.3, 0.4) is 0 Å². The second kappa shape index (κ2) is 7.03. The Morgan fingerprint density at radius 3 is 3.06 bits per heavy atom. The van der Waals surface area contributed by atoms with Gasteiger partial charge < -0.3 is 19.6 Å². The third kappa shape index (κ3) is 4.46. The largest absolute Gasteiger partial charge is 0.469 e. The number of hydrogen-bond acceptors (Lipinski definition) is 4. The number of aryl methyl sites for hydroxylation is 1. The van der Waals surface area contributed by atoms with Gasteiger partial charge in [-0.1, -0.05) is 0 Å². The van der Waals surface area contributed by atoms with E-state index in [4.69, 9.17) is 14.3 Å². The molecule has 0 aliphatic rings. The smallest absolute Gasteiger partial charge is 0.220 e. The van der Waals surface area contributed by atoms with Gasteiger partial charge in [-0.05, 0) is 12.1 Å². The lowest BCUT2D eigenvalue weighted by molar-refractivity contribution is -0.122. The Morgan fingerprint density at radius 1 is 1.69 bits per heavy atom. The summed E-state index contributed by atoms with van der Waals surface area (Å²) in [6.45, 7) is 0.184. The van der Waals surface area contributed by atoms with Gasteiger partial charge in [0.1, 0.15) is 5.76 Å². The maximum atomic E-state index is 11.5. The number of methoxy groups -OCH3 is 1. The Labute approximate surface area is 94.4 Å². The molecule has 5 nitrogen and oxygen atoms in total. The molecule has 0 fully saturated rings. The molecule has 0 saturated carbocycles. The molecule has 0 aromatic carbocycles. The SMILES string of the molecule is COCC(CO)NC(=O)CCc1ccco1. The van der Waals surface area contributed by atoms with Crippen molar-refractivity contribution >= 4 is 5.91 Å². The van der Waals surface area contributed by atoms with E-state index >= 15 is 0 Å². The lowest BCUT2D eigenvalue weighted by atomic mass is 10.2. The summed E-state index contributed by atoms with van der Waals surface area (Å²) in [6.07, 6.45) is 2.48. The Hall–Kier alpha value is -1.33. The highest BCUT2D eigenvalue weighted by Crippen LogP contribution is 2.03. The summed E-state index contributed by atoms with van der Waals surface area (Å²) in [5, 5.41) is 11.6. The van der Waals surface area contributed by atoms with Gasteiger partial charge in [0.15, 0.2) is 0 Å². The van der Waals surface area contributed by atoms with Gasteiger partial charge in [0.2, 0.25) is 5.91 Å². The number of carbonyl (C=O) groups is 1. The molecule has 1 aromatic rings. The number of aliphatic hydroxyl groups excluding tert-OH is 1. The Bertz CT molecular complexity index is 297. The number of aliphatic hydroxyl groups is 1. The molecule has 0 aliphatic heterocycles. The molecule has 0 aliphatic carbocycles. The van der Waals surface area contributed by atoms with Gasteiger partial charge in [0.05, 0.1) is 25.5 Å². The summed E-state index contributed by atoms with van der Waals surface area (Å²) >= 11 is 0. The lowest BCUT2D eigenvalue weighted by Crippen LogP contribution is -2.40. The molecule has 2 N–H and O–H groups in total. The van der Waals surface area contributed by atoms with Crippen LogP contribution in [0.2, 0.25) is 0 Å². The van der Waals surface area contributed by atoms with Crippen molar-refractivity contribution in [2.75, 3.05) is 20.3 Å². The summed E-state index contributed by atoms with van der Waals surface area (Å²) in [6, 6.07) is 3.27. The molecule has 90 valence electrons. The summed E-state index contributed by atoms with van der Waals surface area (Å²) in [5.41, 5.74) is 0. The van der Waals surface area contributed by atoms with Gasteiger partial charge in [0.25, 0.3) is 0 Å². The minimum absolute atomic E-state index is 0.118. The Morgan fingerprint density at radius 2 is 2.50 bits per heavy atom. The van der Waals surface area contributed by atoms with E-state index in [1.54, 1.807) is 12.3 Å². The second-order valence-corrected chi connectivity index (χ2v) is 3.48. The highest BCUT2D eigenvalue weighted by molar-refractivity contribution is 5.76. The van der Waals surface area contributed by atoms with Crippen LogP contribution in [0.15, 0.2) is 22.8 Å². The van der Waals surface area contributed by atoms with Crippen LogP contribution in [0.1, 0.15) is 12.2 Å². The number of amides is 1. The van der Waals surface area contributed by atoms with Crippen LogP contribution in [-0.4, -0.2) is 37.4 Å². The van der Waals surface area contributed by atoms with Crippen molar-refractivity contribution < 1.29 is 19.1 Å². The third-order valence-corrected chi connectivity index (χ3v) is 2.13. The van der Waals surface area contributed by atoms with Crippen molar-refractivity contribution in [3.8, 4) is 0 Å². The van der Waals surface area contributed by atoms with E-state index in [0.29, 0.717) is 19.4 Å². The minimum atomic E-state index is -0.339. The van der Waals surface area contributed by atoms with Crippen LogP contribution in [0.5, 0.6) is 0 Å². The lowest BCUT2D eigenvalue weighted by Gasteiger charge is -2.14. The van der Waals surface area contributed by atoms with E-state index in [-0.39, 0.29) is 18.6 Å². The van der Waals surface area contributed by atoms with E-state index in [9.17, 15) is 4.79 Å². The summed E-state index contributed by atoms with van der Waals surface area (Å²) < 4.78 is 9.96. The average Bonchev–Trinajstić information content (AvgIpc) is 2.78. The predicted octanol–water partition coefficient (Wildman–Crippen LogP) is 0.336. The molecule has 0 spiro atoms. The quantitative estimate of drug-likeness (QED) is 0.704. The van der Waals surface area contributed by atoms with Crippen LogP contribution in [0, 0.1) is 0 Å². The van der Waals surface area contributed by atoms with E-state index in [1.807, 2.05) is 6.07 Å². The summed E-state index contributed by atoms with van der Waals surface area (Å²) in [5.74, 6) is 0.662. The molecule has 0 bridgehead atoms. The molecule has 1 aromatic heterocycles. The summed E-state index contributed by atoms with van der Waals surface area (Å²) in [7, 11) is 1.53. The van der Waals surface area contributed by atoms with Crippen LogP contribution < -0.4 is 5.32 Å². The van der Waals surface area contributed by atoms with Crippen LogP contribution >= 0.6 is 0 Å². The fourth-order valence-corrected chi connectivity index (χ4v) is 1.33. The maximum Gasteiger partial charge on any atom is 0.220 e. The first kappa shape index (κ1) is 12.7. The van der Waals surface area contributed by atoms with Gasteiger partial charge in [-0.3, -0.25) is 4.79 Å². The molecule has 1 unspecified atom stereocenters. The Balaban J connectivity index is 2.24. The number of carbonyl (C=O) groups excluding carboxylic acids is 1. The molecular formula is C11H17NO4. The van der Waals surface area contributed by atoms with Crippen molar-refractivity contribution in [1.82, 2.24) is 5.32 Å². The molecule has 5 heteroatoms. The second-order valence-electron chi connectivity index (χ2n) is 3.48. The molecule has 0 saturated heterocycles. The van der Waals surface area contributed by atoms with Crippen molar-refractivity contribution in [3.05, 3.63) is 24.2 Å². The van der Waals surface area contributed by atoms with Gasteiger partial charge in [-0.2, -0.15) is 0 Å². The molecule has 1 atom stereocenters. The van der Waals surface area contributed by atoms with Crippen molar-refractivity contribution in [3.63, 3.8) is 0 Å². The first-order valence-electron chi connectivity index (χ1n) is 5.17. The molecular weight excluding hydrogens is 210 g/mol. The fourth-order valence-electron chi connectivity index (χ4n) is 1.33. The van der Waals surface area contributed by atoms with Crippen LogP contribution in [0.4, 0.5) is 0 Å². The zero-order valence-corrected chi connectivity index (χ0v) is 9.31. The zero-order chi connectivity index (χ0) is 11.8. The van der Waals surface area contributed by atoms with Crippen molar-refractivity contribution in [1.29, 1.82) is 0 Å².